The number of pyridine rings is 1. The van der Waals surface area contributed by atoms with E-state index in [1.165, 1.54) is 5.57 Å². The average Bonchev–Trinajstić information content (AvgIpc) is 3.61. The van der Waals surface area contributed by atoms with Gasteiger partial charge in [0.05, 0.1) is 43.5 Å². The predicted molar refractivity (Wildman–Crippen MR) is 234 cm³/mol. The molecule has 0 saturated heterocycles. The van der Waals surface area contributed by atoms with Gasteiger partial charge in [-0.2, -0.15) is 4.68 Å². The Kier molecular flexibility index (Phi) is 11.4. The molecular formula is C48H71ClN4O7. The highest BCUT2D eigenvalue weighted by Crippen LogP contribution is 2.77. The smallest absolute Gasteiger partial charge is 0.309 e. The minimum absolute atomic E-state index is 0.00556. The third-order valence-corrected chi connectivity index (χ3v) is 17.8. The van der Waals surface area contributed by atoms with Crippen molar-refractivity contribution in [3.63, 3.8) is 0 Å². The van der Waals surface area contributed by atoms with Crippen LogP contribution >= 0.6 is 11.6 Å². The van der Waals surface area contributed by atoms with Crippen molar-refractivity contribution in [2.75, 3.05) is 27.7 Å². The number of hydrogen-bond acceptors (Lipinski definition) is 8. The number of nitrogens with zero attached hydrogens (tertiary/aromatic N) is 4. The van der Waals surface area contributed by atoms with Gasteiger partial charge in [0.2, 0.25) is 0 Å². The fourth-order valence-corrected chi connectivity index (χ4v) is 14.7. The number of aliphatic hydroxyl groups excluding tert-OH is 1. The van der Waals surface area contributed by atoms with E-state index in [1.807, 2.05) is 20.2 Å². The van der Waals surface area contributed by atoms with Crippen LogP contribution in [0, 0.1) is 50.7 Å². The first-order valence-corrected chi connectivity index (χ1v) is 22.8. The van der Waals surface area contributed by atoms with Crippen molar-refractivity contribution in [1.82, 2.24) is 19.2 Å². The van der Waals surface area contributed by atoms with E-state index >= 15 is 0 Å². The van der Waals surface area contributed by atoms with Gasteiger partial charge in [0.25, 0.3) is 5.56 Å². The normalized spacial score (nSPS) is 34.8. The molecule has 5 aliphatic carbocycles. The van der Waals surface area contributed by atoms with Crippen LogP contribution in [0.4, 0.5) is 0 Å². The Bertz CT molecular complexity index is 2100. The topological polar surface area (TPSA) is 136 Å². The van der Waals surface area contributed by atoms with E-state index < -0.39 is 28.9 Å². The van der Waals surface area contributed by atoms with Crippen molar-refractivity contribution >= 4 is 23.5 Å². The Labute approximate surface area is 362 Å². The molecule has 1 unspecified atom stereocenters. The maximum atomic E-state index is 14.5. The summed E-state index contributed by atoms with van der Waals surface area (Å²) >= 11 is 7.39. The summed E-state index contributed by atoms with van der Waals surface area (Å²) in [4.78, 5) is 46.3. The quantitative estimate of drug-likeness (QED) is 0.168. The van der Waals surface area contributed by atoms with E-state index in [0.717, 1.165) is 62.6 Å². The number of ether oxygens (including phenoxy) is 2. The maximum Gasteiger partial charge on any atom is 0.309 e. The predicted octanol–water partition coefficient (Wildman–Crippen LogP) is 8.69. The summed E-state index contributed by atoms with van der Waals surface area (Å²) in [5.41, 5.74) is 0.816. The van der Waals surface area contributed by atoms with Crippen LogP contribution in [-0.4, -0.2) is 81.4 Å². The lowest BCUT2D eigenvalue weighted by Crippen LogP contribution is -2.66. The number of aliphatic carboxylic acids is 1. The Morgan fingerprint density at radius 3 is 2.30 bits per heavy atom. The van der Waals surface area contributed by atoms with Gasteiger partial charge in [-0.3, -0.25) is 19.1 Å². The number of methoxy groups -OCH3 is 1. The van der Waals surface area contributed by atoms with Gasteiger partial charge < -0.3 is 24.6 Å². The average molecular weight is 852 g/mol. The molecule has 0 amide bonds. The SMILES string of the molecule is COc1ccc(-n2c(=O)c(Cl)c([C@@]34CC[C@]5(C)C(CC[C@@H]6[C@@]7(C)CC[C@H](OC(=O)CC(C)(C)C(=O)O)C(C)(C)[C@@H]7CC[C@]65C)C3=C(C(C)C)[C@@H](O)C4)n2CCN(C)C)nc1. The second-order valence-corrected chi connectivity index (χ2v) is 22.3. The number of rotatable bonds is 11. The molecule has 0 spiro atoms. The number of halogens is 1. The molecule has 7 rings (SSSR count). The van der Waals surface area contributed by atoms with Gasteiger partial charge >= 0.3 is 11.9 Å². The van der Waals surface area contributed by atoms with E-state index in [4.69, 9.17) is 21.1 Å². The summed E-state index contributed by atoms with van der Waals surface area (Å²) in [6.45, 7) is 20.9. The molecular weight excluding hydrogens is 780 g/mol. The van der Waals surface area contributed by atoms with Crippen LogP contribution in [0.15, 0.2) is 34.3 Å². The first kappa shape index (κ1) is 44.9. The van der Waals surface area contributed by atoms with Crippen LogP contribution in [0.3, 0.4) is 0 Å². The Hall–Kier alpha value is -3.15. The number of esters is 1. The van der Waals surface area contributed by atoms with E-state index in [2.05, 4.69) is 63.0 Å². The molecule has 0 aliphatic heterocycles. The molecule has 2 heterocycles. The third kappa shape index (κ3) is 6.63. The summed E-state index contributed by atoms with van der Waals surface area (Å²) in [6, 6.07) is 3.62. The van der Waals surface area contributed by atoms with Gasteiger partial charge in [-0.1, -0.05) is 65.6 Å². The third-order valence-electron chi connectivity index (χ3n) is 17.5. The lowest BCUT2D eigenvalue weighted by atomic mass is 9.33. The number of aromatic nitrogens is 3. The van der Waals surface area contributed by atoms with Gasteiger partial charge in [-0.15, -0.1) is 0 Å². The first-order valence-electron chi connectivity index (χ1n) is 22.4. The van der Waals surface area contributed by atoms with E-state index in [1.54, 1.807) is 37.9 Å². The van der Waals surface area contributed by atoms with Crippen molar-refractivity contribution in [3.05, 3.63) is 50.5 Å². The van der Waals surface area contributed by atoms with Gasteiger partial charge in [-0.25, -0.2) is 4.98 Å². The molecule has 60 heavy (non-hydrogen) atoms. The molecule has 9 atom stereocenters. The van der Waals surface area contributed by atoms with Crippen LogP contribution in [0.1, 0.15) is 132 Å². The summed E-state index contributed by atoms with van der Waals surface area (Å²) < 4.78 is 15.3. The van der Waals surface area contributed by atoms with Crippen LogP contribution in [0.25, 0.3) is 5.82 Å². The van der Waals surface area contributed by atoms with E-state index in [0.29, 0.717) is 42.9 Å². The summed E-state index contributed by atoms with van der Waals surface area (Å²) in [5, 5.41) is 22.2. The number of carbonyl (C=O) groups excluding carboxylic acids is 1. The fraction of sp³-hybridized carbons (Fsp3) is 0.750. The highest BCUT2D eigenvalue weighted by atomic mass is 35.5. The van der Waals surface area contributed by atoms with Crippen molar-refractivity contribution in [2.24, 2.45) is 50.7 Å². The molecule has 12 heteroatoms. The minimum Gasteiger partial charge on any atom is -0.495 e. The van der Waals surface area contributed by atoms with E-state index in [9.17, 15) is 24.6 Å². The molecule has 5 aliphatic rings. The summed E-state index contributed by atoms with van der Waals surface area (Å²) in [5.74, 6) is 0.735. The molecule has 4 saturated carbocycles. The van der Waals surface area contributed by atoms with E-state index in [-0.39, 0.29) is 56.6 Å². The highest BCUT2D eigenvalue weighted by Gasteiger charge is 2.71. The van der Waals surface area contributed by atoms with Gasteiger partial charge in [-0.05, 0) is 143 Å². The Morgan fingerprint density at radius 1 is 1.00 bits per heavy atom. The largest absolute Gasteiger partial charge is 0.495 e. The molecule has 0 radical (unpaired) electrons. The summed E-state index contributed by atoms with van der Waals surface area (Å²) in [6.07, 6.45) is 8.61. The van der Waals surface area contributed by atoms with Crippen LogP contribution in [0.5, 0.6) is 5.75 Å². The lowest BCUT2D eigenvalue weighted by molar-refractivity contribution is -0.232. The maximum absolute atomic E-state index is 14.5. The number of aliphatic hydroxyl groups is 1. The van der Waals surface area contributed by atoms with Crippen molar-refractivity contribution < 1.29 is 29.3 Å². The van der Waals surface area contributed by atoms with Gasteiger partial charge in [0.1, 0.15) is 16.9 Å². The second kappa shape index (κ2) is 15.3. The first-order chi connectivity index (χ1) is 27.9. The summed E-state index contributed by atoms with van der Waals surface area (Å²) in [7, 11) is 5.66. The Morgan fingerprint density at radius 2 is 1.70 bits per heavy atom. The number of hydrogen-bond donors (Lipinski definition) is 2. The van der Waals surface area contributed by atoms with Crippen LogP contribution in [0.2, 0.25) is 5.02 Å². The number of carbonyl (C=O) groups is 2. The van der Waals surface area contributed by atoms with Crippen LogP contribution < -0.4 is 10.3 Å². The molecule has 4 fully saturated rings. The zero-order chi connectivity index (χ0) is 44.1. The monoisotopic (exact) mass is 851 g/mol. The number of likely N-dealkylation sites (N-methyl/N-ethyl adjacent to an activating group) is 1. The molecule has 2 aromatic rings. The molecule has 0 bridgehead atoms. The zero-order valence-electron chi connectivity index (χ0n) is 38.3. The molecule has 2 N–H and O–H groups in total. The van der Waals surface area contributed by atoms with Gasteiger partial charge in [0, 0.05) is 17.4 Å². The highest BCUT2D eigenvalue weighted by molar-refractivity contribution is 6.31. The zero-order valence-corrected chi connectivity index (χ0v) is 39.0. The number of allylic oxidation sites excluding steroid dienone is 1. The number of carboxylic acid groups (broad SMARTS) is 1. The fourth-order valence-electron chi connectivity index (χ4n) is 14.3. The lowest BCUT2D eigenvalue weighted by Gasteiger charge is -2.72. The van der Waals surface area contributed by atoms with Crippen LogP contribution in [-0.2, 0) is 26.3 Å². The standard InChI is InChI=1S/C48H71ClN4O7/c1-28(2)37-31(54)25-48(40-39(49)41(56)53(52(40)24-23-51(10)11)35-16-13-29(59-12)27-50-35)22-21-46(8)30(38(37)48)14-15-33-45(7)19-18-34(60-36(55)26-43(3,4)42(57)58)44(5,6)32(45)17-20-47(33,46)9/h13,16,27-28,30-34,54H,14-15,17-26H2,1-12H3,(H,57,58)/t30?,31-,32-,33+,34-,45-,46+,47+,48+/m0/s1. The molecule has 11 nitrogen and oxygen atoms in total. The van der Waals surface area contributed by atoms with Crippen molar-refractivity contribution in [1.29, 1.82) is 0 Å². The van der Waals surface area contributed by atoms with Crippen molar-refractivity contribution in [2.45, 2.75) is 151 Å². The second-order valence-electron chi connectivity index (χ2n) is 21.9. The number of carboxylic acids is 1. The number of fused-ring (bicyclic) bond motifs is 7. The minimum atomic E-state index is -1.18. The molecule has 0 aromatic carbocycles. The van der Waals surface area contributed by atoms with Gasteiger partial charge in [0.15, 0.2) is 5.82 Å². The molecule has 2 aromatic heterocycles. The molecule has 332 valence electrons. The Balaban J connectivity index is 1.28. The van der Waals surface area contributed by atoms with Crippen molar-refractivity contribution in [3.8, 4) is 11.6 Å².